The molecule has 1 saturated carbocycles. The molecule has 4 rings (SSSR count). The highest BCUT2D eigenvalue weighted by atomic mass is 19.1. The molecule has 0 aromatic heterocycles. The predicted octanol–water partition coefficient (Wildman–Crippen LogP) is 9.02. The number of methoxy groups -OCH3 is 1. The molecule has 0 radical (unpaired) electrons. The largest absolute Gasteiger partial charge is 0.497 e. The first-order chi connectivity index (χ1) is 15.7. The highest BCUT2D eigenvalue weighted by molar-refractivity contribution is 5.71. The van der Waals surface area contributed by atoms with E-state index in [-0.39, 0.29) is 5.82 Å². The van der Waals surface area contributed by atoms with Crippen LogP contribution in [0.3, 0.4) is 0 Å². The molecule has 1 fully saturated rings. The SMILES string of the molecule is CCCCCC1CCC(c2ccc(-c3ccc(-c4ccc(OC)cc4)c(F)c3)cc2)CC1. The van der Waals surface area contributed by atoms with Crippen LogP contribution in [-0.2, 0) is 0 Å². The van der Waals surface area contributed by atoms with E-state index in [1.54, 1.807) is 13.2 Å². The minimum atomic E-state index is -0.196. The molecule has 0 spiro atoms. The number of unbranched alkanes of at least 4 members (excludes halogenated alkanes) is 2. The van der Waals surface area contributed by atoms with Gasteiger partial charge in [-0.05, 0) is 78.0 Å². The van der Waals surface area contributed by atoms with Crippen LogP contribution in [0.5, 0.6) is 5.75 Å². The van der Waals surface area contributed by atoms with Crippen molar-refractivity contribution in [1.29, 1.82) is 0 Å². The maximum atomic E-state index is 14.9. The molecule has 0 atom stereocenters. The molecule has 3 aromatic rings. The van der Waals surface area contributed by atoms with Crippen molar-refractivity contribution in [2.24, 2.45) is 5.92 Å². The monoisotopic (exact) mass is 430 g/mol. The Labute approximate surface area is 192 Å². The highest BCUT2D eigenvalue weighted by Crippen LogP contribution is 2.38. The lowest BCUT2D eigenvalue weighted by atomic mass is 9.77. The van der Waals surface area contributed by atoms with Crippen molar-refractivity contribution in [2.75, 3.05) is 7.11 Å². The predicted molar refractivity (Wildman–Crippen MR) is 133 cm³/mol. The van der Waals surface area contributed by atoms with Gasteiger partial charge in [0.25, 0.3) is 0 Å². The van der Waals surface area contributed by atoms with Gasteiger partial charge in [0.2, 0.25) is 0 Å². The number of rotatable bonds is 8. The van der Waals surface area contributed by atoms with E-state index in [0.29, 0.717) is 11.5 Å². The molecule has 1 aliphatic rings. The molecule has 32 heavy (non-hydrogen) atoms. The summed E-state index contributed by atoms with van der Waals surface area (Å²) in [6.07, 6.45) is 10.9. The van der Waals surface area contributed by atoms with Crippen molar-refractivity contribution in [2.45, 2.75) is 64.2 Å². The fourth-order valence-electron chi connectivity index (χ4n) is 5.11. The molecule has 0 heterocycles. The van der Waals surface area contributed by atoms with Crippen LogP contribution in [0, 0.1) is 11.7 Å². The fraction of sp³-hybridized carbons (Fsp3) is 0.400. The van der Waals surface area contributed by atoms with Gasteiger partial charge in [0.1, 0.15) is 11.6 Å². The summed E-state index contributed by atoms with van der Waals surface area (Å²) in [6, 6.07) is 21.9. The van der Waals surface area contributed by atoms with Crippen molar-refractivity contribution in [1.82, 2.24) is 0 Å². The molecule has 0 unspecified atom stereocenters. The lowest BCUT2D eigenvalue weighted by molar-refractivity contribution is 0.303. The molecule has 0 aliphatic heterocycles. The maximum absolute atomic E-state index is 14.9. The summed E-state index contributed by atoms with van der Waals surface area (Å²) in [7, 11) is 1.63. The van der Waals surface area contributed by atoms with Crippen LogP contribution in [0.4, 0.5) is 4.39 Å². The maximum Gasteiger partial charge on any atom is 0.131 e. The Bertz CT molecular complexity index is 982. The van der Waals surface area contributed by atoms with Crippen LogP contribution in [-0.4, -0.2) is 7.11 Å². The van der Waals surface area contributed by atoms with Gasteiger partial charge in [-0.3, -0.25) is 0 Å². The minimum absolute atomic E-state index is 0.196. The first-order valence-electron chi connectivity index (χ1n) is 12.2. The molecule has 0 bridgehead atoms. The second-order valence-corrected chi connectivity index (χ2v) is 9.26. The van der Waals surface area contributed by atoms with Crippen LogP contribution in [0.25, 0.3) is 22.3 Å². The summed E-state index contributed by atoms with van der Waals surface area (Å²) in [5.41, 5.74) is 4.91. The number of ether oxygens (including phenoxy) is 1. The first kappa shape index (κ1) is 22.6. The van der Waals surface area contributed by atoms with Crippen molar-refractivity contribution in [3.05, 3.63) is 78.1 Å². The summed E-state index contributed by atoms with van der Waals surface area (Å²) in [6.45, 7) is 2.28. The third-order valence-electron chi connectivity index (χ3n) is 7.15. The zero-order chi connectivity index (χ0) is 22.3. The molecule has 1 aliphatic carbocycles. The molecular weight excluding hydrogens is 395 g/mol. The molecule has 168 valence electrons. The molecular formula is C30H35FO. The van der Waals surface area contributed by atoms with E-state index in [0.717, 1.165) is 28.4 Å². The number of hydrogen-bond acceptors (Lipinski definition) is 1. The van der Waals surface area contributed by atoms with Crippen LogP contribution >= 0.6 is 0 Å². The van der Waals surface area contributed by atoms with Gasteiger partial charge in [-0.2, -0.15) is 0 Å². The average Bonchev–Trinajstić information content (AvgIpc) is 2.85. The Morgan fingerprint density at radius 1 is 0.781 bits per heavy atom. The van der Waals surface area contributed by atoms with E-state index in [1.165, 1.54) is 56.9 Å². The number of halogens is 1. The van der Waals surface area contributed by atoms with Gasteiger partial charge >= 0.3 is 0 Å². The van der Waals surface area contributed by atoms with Gasteiger partial charge in [-0.1, -0.05) is 81.1 Å². The summed E-state index contributed by atoms with van der Waals surface area (Å²) in [4.78, 5) is 0. The van der Waals surface area contributed by atoms with Gasteiger partial charge in [-0.25, -0.2) is 4.39 Å². The average molecular weight is 431 g/mol. The van der Waals surface area contributed by atoms with E-state index in [2.05, 4.69) is 31.2 Å². The van der Waals surface area contributed by atoms with Crippen LogP contribution < -0.4 is 4.74 Å². The van der Waals surface area contributed by atoms with Crippen LogP contribution in [0.15, 0.2) is 66.7 Å². The van der Waals surface area contributed by atoms with Crippen LogP contribution in [0.1, 0.15) is 69.8 Å². The van der Waals surface area contributed by atoms with Crippen molar-refractivity contribution in [3.8, 4) is 28.0 Å². The topological polar surface area (TPSA) is 9.23 Å². The standard InChI is InChI=1S/C30H35FO/c1-3-4-5-6-22-7-9-23(10-8-22)24-11-13-25(14-12-24)27-17-20-29(30(31)21-27)26-15-18-28(32-2)19-16-26/h11-23H,3-10H2,1-2H3. The fourth-order valence-corrected chi connectivity index (χ4v) is 5.11. The summed E-state index contributed by atoms with van der Waals surface area (Å²) in [5.74, 6) is 2.19. The van der Waals surface area contributed by atoms with Gasteiger partial charge < -0.3 is 4.74 Å². The lowest BCUT2D eigenvalue weighted by Gasteiger charge is -2.29. The second kappa shape index (κ2) is 10.8. The van der Waals surface area contributed by atoms with E-state index < -0.39 is 0 Å². The third-order valence-corrected chi connectivity index (χ3v) is 7.15. The third kappa shape index (κ3) is 5.41. The van der Waals surface area contributed by atoms with Crippen molar-refractivity contribution < 1.29 is 9.13 Å². The van der Waals surface area contributed by atoms with Crippen LogP contribution in [0.2, 0.25) is 0 Å². The minimum Gasteiger partial charge on any atom is -0.497 e. The summed E-state index contributed by atoms with van der Waals surface area (Å²) < 4.78 is 20.1. The van der Waals surface area contributed by atoms with Crippen molar-refractivity contribution >= 4 is 0 Å². The quantitative estimate of drug-likeness (QED) is 0.324. The lowest BCUT2D eigenvalue weighted by Crippen LogP contribution is -2.13. The smallest absolute Gasteiger partial charge is 0.131 e. The second-order valence-electron chi connectivity index (χ2n) is 9.26. The number of hydrogen-bond donors (Lipinski definition) is 0. The molecule has 0 N–H and O–H groups in total. The summed E-state index contributed by atoms with van der Waals surface area (Å²) >= 11 is 0. The van der Waals surface area contributed by atoms with E-state index >= 15 is 0 Å². The molecule has 1 nitrogen and oxygen atoms in total. The summed E-state index contributed by atoms with van der Waals surface area (Å²) in [5, 5.41) is 0. The molecule has 0 saturated heterocycles. The highest BCUT2D eigenvalue weighted by Gasteiger charge is 2.22. The molecule has 0 amide bonds. The normalized spacial score (nSPS) is 18.5. The Balaban J connectivity index is 1.40. The van der Waals surface area contributed by atoms with E-state index in [1.807, 2.05) is 36.4 Å². The Kier molecular flexibility index (Phi) is 7.63. The number of benzene rings is 3. The van der Waals surface area contributed by atoms with Crippen molar-refractivity contribution in [3.63, 3.8) is 0 Å². The van der Waals surface area contributed by atoms with E-state index in [4.69, 9.17) is 4.74 Å². The Morgan fingerprint density at radius 2 is 1.44 bits per heavy atom. The van der Waals surface area contributed by atoms with Gasteiger partial charge in [0.05, 0.1) is 7.11 Å². The zero-order valence-corrected chi connectivity index (χ0v) is 19.4. The molecule has 2 heteroatoms. The molecule has 3 aromatic carbocycles. The zero-order valence-electron chi connectivity index (χ0n) is 19.4. The first-order valence-corrected chi connectivity index (χ1v) is 12.2. The van der Waals surface area contributed by atoms with E-state index in [9.17, 15) is 4.39 Å². The van der Waals surface area contributed by atoms with Gasteiger partial charge in [0.15, 0.2) is 0 Å². The Hall–Kier alpha value is -2.61. The Morgan fingerprint density at radius 3 is 2.06 bits per heavy atom. The van der Waals surface area contributed by atoms with Gasteiger partial charge in [0, 0.05) is 5.56 Å². The van der Waals surface area contributed by atoms with Gasteiger partial charge in [-0.15, -0.1) is 0 Å².